The zero-order valence-electron chi connectivity index (χ0n) is 12.1. The number of rotatable bonds is 3. The Hall–Kier alpha value is -1.75. The first-order valence-corrected chi connectivity index (χ1v) is 7.86. The third-order valence-electron chi connectivity index (χ3n) is 3.21. The smallest absolute Gasteiger partial charge is 0.250 e. The third kappa shape index (κ3) is 3.61. The molecule has 4 nitrogen and oxygen atoms in total. The predicted molar refractivity (Wildman–Crippen MR) is 95.1 cm³/mol. The van der Waals surface area contributed by atoms with E-state index in [4.69, 9.17) is 39.5 Å². The molecule has 1 heterocycles. The predicted octanol–water partition coefficient (Wildman–Crippen LogP) is 5.21. The van der Waals surface area contributed by atoms with Crippen molar-refractivity contribution >= 4 is 57.2 Å². The maximum Gasteiger partial charge on any atom is 0.250 e. The summed E-state index contributed by atoms with van der Waals surface area (Å²) < 4.78 is 3.45. The van der Waals surface area contributed by atoms with E-state index in [1.807, 2.05) is 48.5 Å². The monoisotopic (exact) mass is 367 g/mol. The Labute approximate surface area is 148 Å². The first-order chi connectivity index (χ1) is 11.0. The number of fused-ring (bicyclic) bond motifs is 1. The van der Waals surface area contributed by atoms with E-state index in [1.165, 1.54) is 0 Å². The largest absolute Gasteiger partial charge is 0.497 e. The van der Waals surface area contributed by atoms with Gasteiger partial charge in [-0.2, -0.15) is 0 Å². The molecule has 0 fully saturated rings. The van der Waals surface area contributed by atoms with Crippen molar-refractivity contribution in [2.75, 3.05) is 12.4 Å². The third-order valence-corrected chi connectivity index (χ3v) is 3.72. The number of methoxy groups -OCH3 is 1. The van der Waals surface area contributed by atoms with Gasteiger partial charge in [0.05, 0.1) is 12.6 Å². The Kier molecular flexibility index (Phi) is 4.48. The van der Waals surface area contributed by atoms with Gasteiger partial charge in [-0.1, -0.05) is 46.9 Å². The summed E-state index contributed by atoms with van der Waals surface area (Å²) in [5.41, 5.74) is 1.53. The van der Waals surface area contributed by atoms with Crippen molar-refractivity contribution in [3.05, 3.63) is 54.4 Å². The molecule has 0 aliphatic carbocycles. The van der Waals surface area contributed by atoms with Crippen LogP contribution in [0.5, 0.6) is 5.75 Å². The van der Waals surface area contributed by atoms with Gasteiger partial charge in [0.15, 0.2) is 5.82 Å². The summed E-state index contributed by atoms with van der Waals surface area (Å²) in [5.74, 6) is 1.46. The fraction of sp³-hybridized carbons (Fsp3) is 0.125. The highest BCUT2D eigenvalue weighted by atomic mass is 35.6. The van der Waals surface area contributed by atoms with Crippen LogP contribution in [0.1, 0.15) is 5.82 Å². The lowest BCUT2D eigenvalue weighted by atomic mass is 10.2. The Bertz CT molecular complexity index is 832. The molecule has 23 heavy (non-hydrogen) atoms. The highest BCUT2D eigenvalue weighted by molar-refractivity contribution is 6.66. The summed E-state index contributed by atoms with van der Waals surface area (Å²) in [6.07, 6.45) is 0. The standard InChI is InChI=1S/C16H12Cl3N3O/c1-23-11-8-6-10(7-9-11)20-14-12-4-2-3-5-13(12)21-15(22-14)16(17,18)19/h2-9H,1H3,(H,20,21,22). The van der Waals surface area contributed by atoms with Crippen LogP contribution in [0.25, 0.3) is 10.9 Å². The summed E-state index contributed by atoms with van der Waals surface area (Å²) in [6, 6.07) is 15.0. The van der Waals surface area contributed by atoms with Crippen molar-refractivity contribution in [3.63, 3.8) is 0 Å². The quantitative estimate of drug-likeness (QED) is 0.645. The second kappa shape index (κ2) is 6.40. The van der Waals surface area contributed by atoms with Crippen LogP contribution in [-0.2, 0) is 3.79 Å². The van der Waals surface area contributed by atoms with Crippen molar-refractivity contribution in [2.45, 2.75) is 3.79 Å². The lowest BCUT2D eigenvalue weighted by molar-refractivity contribution is 0.415. The van der Waals surface area contributed by atoms with Crippen LogP contribution in [0.3, 0.4) is 0 Å². The Morgan fingerprint density at radius 2 is 1.65 bits per heavy atom. The number of nitrogens with zero attached hydrogens (tertiary/aromatic N) is 2. The van der Waals surface area contributed by atoms with E-state index in [0.29, 0.717) is 11.3 Å². The molecule has 3 aromatic rings. The van der Waals surface area contributed by atoms with Crippen molar-refractivity contribution in [1.29, 1.82) is 0 Å². The van der Waals surface area contributed by atoms with Gasteiger partial charge < -0.3 is 10.1 Å². The fourth-order valence-corrected chi connectivity index (χ4v) is 2.36. The maximum atomic E-state index is 5.94. The molecule has 0 aliphatic heterocycles. The zero-order valence-corrected chi connectivity index (χ0v) is 14.3. The minimum Gasteiger partial charge on any atom is -0.497 e. The summed E-state index contributed by atoms with van der Waals surface area (Å²) >= 11 is 17.8. The molecule has 7 heteroatoms. The first-order valence-electron chi connectivity index (χ1n) is 6.72. The van der Waals surface area contributed by atoms with Crippen LogP contribution < -0.4 is 10.1 Å². The molecule has 118 valence electrons. The van der Waals surface area contributed by atoms with E-state index in [0.717, 1.165) is 16.8 Å². The van der Waals surface area contributed by atoms with Gasteiger partial charge >= 0.3 is 0 Å². The number of anilines is 2. The van der Waals surface area contributed by atoms with Crippen LogP contribution in [0.15, 0.2) is 48.5 Å². The van der Waals surface area contributed by atoms with Gasteiger partial charge in [-0.25, -0.2) is 9.97 Å². The maximum absolute atomic E-state index is 5.94. The number of para-hydroxylation sites is 1. The van der Waals surface area contributed by atoms with E-state index >= 15 is 0 Å². The number of hydrogen-bond acceptors (Lipinski definition) is 4. The van der Waals surface area contributed by atoms with Gasteiger partial charge in [-0.3, -0.25) is 0 Å². The lowest BCUT2D eigenvalue weighted by Gasteiger charge is -2.14. The highest BCUT2D eigenvalue weighted by Gasteiger charge is 2.28. The van der Waals surface area contributed by atoms with E-state index in [1.54, 1.807) is 7.11 Å². The fourth-order valence-electron chi connectivity index (χ4n) is 2.11. The van der Waals surface area contributed by atoms with E-state index in [2.05, 4.69) is 15.3 Å². The molecular weight excluding hydrogens is 357 g/mol. The molecule has 0 unspecified atom stereocenters. The Morgan fingerprint density at radius 1 is 0.957 bits per heavy atom. The number of alkyl halides is 3. The molecule has 0 spiro atoms. The van der Waals surface area contributed by atoms with Gasteiger partial charge in [-0.05, 0) is 36.4 Å². The topological polar surface area (TPSA) is 47.0 Å². The van der Waals surface area contributed by atoms with Crippen molar-refractivity contribution in [2.24, 2.45) is 0 Å². The van der Waals surface area contributed by atoms with E-state index in [9.17, 15) is 0 Å². The van der Waals surface area contributed by atoms with Gasteiger partial charge in [-0.15, -0.1) is 0 Å². The van der Waals surface area contributed by atoms with E-state index in [-0.39, 0.29) is 5.82 Å². The van der Waals surface area contributed by atoms with Crippen molar-refractivity contribution in [1.82, 2.24) is 9.97 Å². The Balaban J connectivity index is 2.07. The van der Waals surface area contributed by atoms with Gasteiger partial charge in [0.2, 0.25) is 3.79 Å². The second-order valence-electron chi connectivity index (χ2n) is 4.76. The van der Waals surface area contributed by atoms with Gasteiger partial charge in [0, 0.05) is 11.1 Å². The van der Waals surface area contributed by atoms with Crippen LogP contribution in [0.4, 0.5) is 11.5 Å². The van der Waals surface area contributed by atoms with Crippen molar-refractivity contribution < 1.29 is 4.74 Å². The molecule has 2 aromatic carbocycles. The van der Waals surface area contributed by atoms with Crippen LogP contribution >= 0.6 is 34.8 Å². The normalized spacial score (nSPS) is 11.5. The van der Waals surface area contributed by atoms with Gasteiger partial charge in [0.25, 0.3) is 0 Å². The van der Waals surface area contributed by atoms with E-state index < -0.39 is 3.79 Å². The molecule has 0 aliphatic rings. The summed E-state index contributed by atoms with van der Waals surface area (Å²) in [6.45, 7) is 0. The van der Waals surface area contributed by atoms with Crippen LogP contribution in [0, 0.1) is 0 Å². The summed E-state index contributed by atoms with van der Waals surface area (Å²) in [5, 5.41) is 4.06. The molecule has 3 rings (SSSR count). The number of benzene rings is 2. The highest BCUT2D eigenvalue weighted by Crippen LogP contribution is 2.38. The van der Waals surface area contributed by atoms with Gasteiger partial charge in [0.1, 0.15) is 11.6 Å². The Morgan fingerprint density at radius 3 is 2.30 bits per heavy atom. The lowest BCUT2D eigenvalue weighted by Crippen LogP contribution is -2.09. The second-order valence-corrected chi connectivity index (χ2v) is 7.05. The molecule has 1 aromatic heterocycles. The SMILES string of the molecule is COc1ccc(Nc2nc(C(Cl)(Cl)Cl)nc3ccccc23)cc1. The molecule has 0 saturated carbocycles. The molecule has 1 N–H and O–H groups in total. The zero-order chi connectivity index (χ0) is 16.4. The molecular formula is C16H12Cl3N3O. The van der Waals surface area contributed by atoms with Crippen molar-refractivity contribution in [3.8, 4) is 5.75 Å². The van der Waals surface area contributed by atoms with Crippen LogP contribution in [-0.4, -0.2) is 17.1 Å². The molecule has 0 amide bonds. The average molecular weight is 369 g/mol. The minimum atomic E-state index is -1.69. The first kappa shape index (κ1) is 16.1. The number of aromatic nitrogens is 2. The summed E-state index contributed by atoms with van der Waals surface area (Å²) in [4.78, 5) is 8.67. The number of ether oxygens (including phenoxy) is 1. The number of nitrogens with one attached hydrogen (secondary N) is 1. The molecule has 0 bridgehead atoms. The number of halogens is 3. The molecule has 0 radical (unpaired) electrons. The minimum absolute atomic E-state index is 0.122. The summed E-state index contributed by atoms with van der Waals surface area (Å²) in [7, 11) is 1.62. The average Bonchev–Trinajstić information content (AvgIpc) is 2.54. The number of hydrogen-bond donors (Lipinski definition) is 1. The van der Waals surface area contributed by atoms with Crippen LogP contribution in [0.2, 0.25) is 0 Å². The molecule has 0 saturated heterocycles. The molecule has 0 atom stereocenters.